The number of hydrogen-bond acceptors (Lipinski definition) is 6. The molecule has 202 valence electrons. The first-order valence-electron chi connectivity index (χ1n) is 12.4. The lowest BCUT2D eigenvalue weighted by Gasteiger charge is -2.10. The van der Waals surface area contributed by atoms with Crippen LogP contribution in [0.3, 0.4) is 0 Å². The SMILES string of the molecule is Cc1ccc(Oc2ccc(S(=O)(=O)c3ccc(Oc4ccc(S(=O)(=O)c5ccc(C)cc5)cc4)cc3)cc2)cc1. The number of sulfone groups is 2. The van der Waals surface area contributed by atoms with E-state index in [-0.39, 0.29) is 19.6 Å². The predicted molar refractivity (Wildman–Crippen MR) is 153 cm³/mol. The van der Waals surface area contributed by atoms with E-state index < -0.39 is 19.7 Å². The lowest BCUT2D eigenvalue weighted by atomic mass is 10.2. The van der Waals surface area contributed by atoms with E-state index in [1.54, 1.807) is 60.7 Å². The Bertz CT molecular complexity index is 1830. The largest absolute Gasteiger partial charge is 0.457 e. The molecule has 5 aromatic carbocycles. The summed E-state index contributed by atoms with van der Waals surface area (Å²) in [4.78, 5) is 0.631. The lowest BCUT2D eigenvalue weighted by molar-refractivity contribution is 0.481. The van der Waals surface area contributed by atoms with Gasteiger partial charge in [0.1, 0.15) is 23.0 Å². The van der Waals surface area contributed by atoms with E-state index in [2.05, 4.69) is 0 Å². The van der Waals surface area contributed by atoms with Crippen molar-refractivity contribution < 1.29 is 26.3 Å². The van der Waals surface area contributed by atoms with E-state index in [9.17, 15) is 16.8 Å². The Labute approximate surface area is 234 Å². The molecule has 0 fully saturated rings. The van der Waals surface area contributed by atoms with Gasteiger partial charge in [-0.1, -0.05) is 35.4 Å². The predicted octanol–water partition coefficient (Wildman–Crippen LogP) is 7.55. The zero-order valence-corrected chi connectivity index (χ0v) is 23.4. The van der Waals surface area contributed by atoms with Crippen LogP contribution in [0.5, 0.6) is 23.0 Å². The van der Waals surface area contributed by atoms with Crippen molar-refractivity contribution in [3.63, 3.8) is 0 Å². The van der Waals surface area contributed by atoms with Crippen molar-refractivity contribution in [2.45, 2.75) is 33.4 Å². The Morgan fingerprint density at radius 1 is 0.350 bits per heavy atom. The van der Waals surface area contributed by atoms with Crippen molar-refractivity contribution in [1.29, 1.82) is 0 Å². The van der Waals surface area contributed by atoms with Gasteiger partial charge in [0.25, 0.3) is 0 Å². The van der Waals surface area contributed by atoms with E-state index in [0.29, 0.717) is 23.0 Å². The van der Waals surface area contributed by atoms with Gasteiger partial charge in [0.05, 0.1) is 19.6 Å². The summed E-state index contributed by atoms with van der Waals surface area (Å²) in [7, 11) is -7.40. The third kappa shape index (κ3) is 5.93. The molecule has 0 aliphatic rings. The maximum atomic E-state index is 13.1. The second-order valence-corrected chi connectivity index (χ2v) is 13.2. The molecule has 0 aliphatic carbocycles. The Hall–Kier alpha value is -4.40. The number of rotatable bonds is 8. The molecular weight excluding hydrogens is 544 g/mol. The number of hydrogen-bond donors (Lipinski definition) is 0. The summed E-state index contributed by atoms with van der Waals surface area (Å²) in [5, 5.41) is 0. The highest BCUT2D eigenvalue weighted by atomic mass is 32.2. The molecule has 0 atom stereocenters. The van der Waals surface area contributed by atoms with Gasteiger partial charge >= 0.3 is 0 Å². The molecule has 0 heterocycles. The van der Waals surface area contributed by atoms with Crippen LogP contribution in [0.2, 0.25) is 0 Å². The van der Waals surface area contributed by atoms with Crippen molar-refractivity contribution in [3.8, 4) is 23.0 Å². The Morgan fingerprint density at radius 2 is 0.550 bits per heavy atom. The molecule has 0 unspecified atom stereocenters. The molecule has 0 saturated heterocycles. The van der Waals surface area contributed by atoms with Gasteiger partial charge in [0.15, 0.2) is 0 Å². The molecule has 0 radical (unpaired) electrons. The summed E-state index contributed by atoms with van der Waals surface area (Å²) in [5.74, 6) is 2.03. The zero-order valence-electron chi connectivity index (χ0n) is 21.8. The summed E-state index contributed by atoms with van der Waals surface area (Å²) >= 11 is 0. The summed E-state index contributed by atoms with van der Waals surface area (Å²) in [6.07, 6.45) is 0. The quantitative estimate of drug-likeness (QED) is 0.191. The molecule has 6 nitrogen and oxygen atoms in total. The maximum absolute atomic E-state index is 13.1. The highest BCUT2D eigenvalue weighted by Crippen LogP contribution is 2.30. The monoisotopic (exact) mass is 570 g/mol. The fourth-order valence-corrected chi connectivity index (χ4v) is 6.45. The summed E-state index contributed by atoms with van der Waals surface area (Å²) in [5.41, 5.74) is 2.09. The van der Waals surface area contributed by atoms with Crippen LogP contribution in [0.15, 0.2) is 141 Å². The van der Waals surface area contributed by atoms with Crippen molar-refractivity contribution >= 4 is 19.7 Å². The molecule has 8 heteroatoms. The van der Waals surface area contributed by atoms with Crippen LogP contribution in [0.4, 0.5) is 0 Å². The number of ether oxygens (including phenoxy) is 2. The molecule has 5 rings (SSSR count). The van der Waals surface area contributed by atoms with Gasteiger partial charge in [0, 0.05) is 0 Å². The smallest absolute Gasteiger partial charge is 0.206 e. The van der Waals surface area contributed by atoms with Crippen molar-refractivity contribution in [1.82, 2.24) is 0 Å². The minimum atomic E-state index is -3.75. The van der Waals surface area contributed by atoms with Crippen LogP contribution in [-0.4, -0.2) is 16.8 Å². The van der Waals surface area contributed by atoms with E-state index in [4.69, 9.17) is 9.47 Å². The Balaban J connectivity index is 1.26. The van der Waals surface area contributed by atoms with Gasteiger partial charge < -0.3 is 9.47 Å². The fraction of sp³-hybridized carbons (Fsp3) is 0.0625. The molecule has 0 N–H and O–H groups in total. The maximum Gasteiger partial charge on any atom is 0.206 e. The van der Waals surface area contributed by atoms with E-state index in [1.807, 2.05) is 38.1 Å². The fourth-order valence-electron chi connectivity index (χ4n) is 3.93. The van der Waals surface area contributed by atoms with Gasteiger partial charge in [-0.15, -0.1) is 0 Å². The molecule has 0 aliphatic heterocycles. The second-order valence-electron chi connectivity index (χ2n) is 9.25. The van der Waals surface area contributed by atoms with E-state index >= 15 is 0 Å². The lowest BCUT2D eigenvalue weighted by Crippen LogP contribution is -2.02. The molecule has 0 amide bonds. The molecule has 5 aromatic rings. The van der Waals surface area contributed by atoms with Crippen molar-refractivity contribution in [2.24, 2.45) is 0 Å². The average Bonchev–Trinajstić information content (AvgIpc) is 2.95. The molecule has 0 bridgehead atoms. The molecule has 0 spiro atoms. The highest BCUT2D eigenvalue weighted by Gasteiger charge is 2.19. The summed E-state index contributed by atoms with van der Waals surface area (Å²) in [6, 6.07) is 32.6. The Morgan fingerprint density at radius 3 is 0.825 bits per heavy atom. The third-order valence-electron chi connectivity index (χ3n) is 6.23. The van der Waals surface area contributed by atoms with Crippen LogP contribution in [0.1, 0.15) is 11.1 Å². The minimum absolute atomic E-state index is 0.117. The van der Waals surface area contributed by atoms with Crippen LogP contribution in [0.25, 0.3) is 0 Å². The van der Waals surface area contributed by atoms with Crippen molar-refractivity contribution in [2.75, 3.05) is 0 Å². The van der Waals surface area contributed by atoms with Crippen LogP contribution < -0.4 is 9.47 Å². The minimum Gasteiger partial charge on any atom is -0.457 e. The van der Waals surface area contributed by atoms with E-state index in [0.717, 1.165) is 11.1 Å². The number of aryl methyl sites for hydroxylation is 2. The molecule has 0 saturated carbocycles. The molecule has 0 aromatic heterocycles. The normalized spacial score (nSPS) is 11.7. The first-order valence-corrected chi connectivity index (χ1v) is 15.4. The summed E-state index contributed by atoms with van der Waals surface area (Å²) in [6.45, 7) is 3.88. The van der Waals surface area contributed by atoms with Gasteiger partial charge in [0.2, 0.25) is 19.7 Å². The molecular formula is C32H26O6S2. The highest BCUT2D eigenvalue weighted by molar-refractivity contribution is 7.91. The van der Waals surface area contributed by atoms with Gasteiger partial charge in [-0.3, -0.25) is 0 Å². The van der Waals surface area contributed by atoms with Crippen LogP contribution in [0, 0.1) is 13.8 Å². The standard InChI is InChI=1S/C32H26O6S2/c1-23-3-7-25(8-4-23)37-26-9-19-31(20-10-26)40(35,36)32-21-13-28(14-22-32)38-27-11-17-30(18-12-27)39(33,34)29-15-5-24(2)6-16-29/h3-22H,1-2H3. The number of benzene rings is 5. The van der Waals surface area contributed by atoms with Crippen molar-refractivity contribution in [3.05, 3.63) is 132 Å². The van der Waals surface area contributed by atoms with Crippen LogP contribution >= 0.6 is 0 Å². The average molecular weight is 571 g/mol. The van der Waals surface area contributed by atoms with Gasteiger partial charge in [-0.05, 0) is 111 Å². The topological polar surface area (TPSA) is 86.7 Å². The van der Waals surface area contributed by atoms with Crippen LogP contribution in [-0.2, 0) is 19.7 Å². The second kappa shape index (κ2) is 11.0. The zero-order chi connectivity index (χ0) is 28.3. The van der Waals surface area contributed by atoms with Gasteiger partial charge in [-0.25, -0.2) is 16.8 Å². The molecule has 40 heavy (non-hydrogen) atoms. The Kier molecular flexibility index (Phi) is 7.47. The first-order chi connectivity index (χ1) is 19.1. The van der Waals surface area contributed by atoms with Gasteiger partial charge in [-0.2, -0.15) is 0 Å². The van der Waals surface area contributed by atoms with E-state index in [1.165, 1.54) is 36.4 Å². The third-order valence-corrected chi connectivity index (χ3v) is 9.80. The first kappa shape index (κ1) is 27.2. The summed E-state index contributed by atoms with van der Waals surface area (Å²) < 4.78 is 63.6.